The Morgan fingerprint density at radius 2 is 1.70 bits per heavy atom. The van der Waals surface area contributed by atoms with Gasteiger partial charge in [-0.2, -0.15) is 0 Å². The number of benzene rings is 2. The Labute approximate surface area is 178 Å². The Balaban J connectivity index is 1.54. The largest absolute Gasteiger partial charge is 0.452 e. The van der Waals surface area contributed by atoms with E-state index in [2.05, 4.69) is 10.0 Å². The van der Waals surface area contributed by atoms with Crippen molar-refractivity contribution >= 4 is 38.9 Å². The second-order valence-corrected chi connectivity index (χ2v) is 9.14. The van der Waals surface area contributed by atoms with Crippen molar-refractivity contribution in [3.8, 4) is 0 Å². The second-order valence-electron chi connectivity index (χ2n) is 6.43. The molecule has 0 aliphatic rings. The van der Waals surface area contributed by atoms with Crippen LogP contribution >= 0.6 is 11.3 Å². The number of nitrogens with one attached hydrogen (secondary N) is 2. The molecule has 3 aromatic rings. The van der Waals surface area contributed by atoms with E-state index in [0.29, 0.717) is 12.2 Å². The van der Waals surface area contributed by atoms with Crippen LogP contribution in [-0.4, -0.2) is 26.9 Å². The van der Waals surface area contributed by atoms with Crippen LogP contribution in [0.4, 0.5) is 5.69 Å². The molecular formula is C21H20N2O5S2. The van der Waals surface area contributed by atoms with Crippen LogP contribution in [-0.2, 0) is 26.1 Å². The van der Waals surface area contributed by atoms with Crippen molar-refractivity contribution in [3.05, 3.63) is 82.0 Å². The smallest absolute Gasteiger partial charge is 0.338 e. The van der Waals surface area contributed by atoms with Gasteiger partial charge in [-0.25, -0.2) is 13.2 Å². The van der Waals surface area contributed by atoms with Crippen molar-refractivity contribution in [3.63, 3.8) is 0 Å². The van der Waals surface area contributed by atoms with E-state index in [1.54, 1.807) is 24.3 Å². The zero-order valence-electron chi connectivity index (χ0n) is 16.1. The molecule has 0 saturated heterocycles. The molecule has 3 rings (SSSR count). The van der Waals surface area contributed by atoms with E-state index in [0.717, 1.165) is 10.4 Å². The maximum Gasteiger partial charge on any atom is 0.338 e. The number of thiophene rings is 1. The third-order valence-corrected chi connectivity index (χ3v) is 6.35. The quantitative estimate of drug-likeness (QED) is 0.519. The second kappa shape index (κ2) is 9.55. The van der Waals surface area contributed by atoms with Crippen LogP contribution in [0.3, 0.4) is 0 Å². The molecule has 9 heteroatoms. The molecule has 0 fully saturated rings. The van der Waals surface area contributed by atoms with Crippen molar-refractivity contribution < 1.29 is 22.7 Å². The maximum atomic E-state index is 12.5. The summed E-state index contributed by atoms with van der Waals surface area (Å²) < 4.78 is 32.4. The van der Waals surface area contributed by atoms with E-state index in [9.17, 15) is 18.0 Å². The fraction of sp³-hybridized carbons (Fsp3) is 0.143. The van der Waals surface area contributed by atoms with E-state index < -0.39 is 28.5 Å². The van der Waals surface area contributed by atoms with Crippen molar-refractivity contribution in [1.82, 2.24) is 5.32 Å². The van der Waals surface area contributed by atoms with Gasteiger partial charge in [0.1, 0.15) is 0 Å². The average Bonchev–Trinajstić information content (AvgIpc) is 3.26. The van der Waals surface area contributed by atoms with E-state index in [1.165, 1.54) is 35.6 Å². The summed E-state index contributed by atoms with van der Waals surface area (Å²) in [6.07, 6.45) is 0. The summed E-state index contributed by atoms with van der Waals surface area (Å²) in [6, 6.07) is 16.0. The first-order valence-corrected chi connectivity index (χ1v) is 11.4. The number of hydrogen-bond donors (Lipinski definition) is 2. The summed E-state index contributed by atoms with van der Waals surface area (Å²) in [6.45, 7) is 1.86. The Morgan fingerprint density at radius 1 is 1.00 bits per heavy atom. The minimum Gasteiger partial charge on any atom is -0.452 e. The summed E-state index contributed by atoms with van der Waals surface area (Å²) in [7, 11) is -3.79. The summed E-state index contributed by atoms with van der Waals surface area (Å²) in [5.41, 5.74) is 1.61. The first-order chi connectivity index (χ1) is 14.3. The van der Waals surface area contributed by atoms with Crippen LogP contribution in [0, 0.1) is 6.92 Å². The van der Waals surface area contributed by atoms with Crippen LogP contribution in [0.15, 0.2) is 70.9 Å². The Kier molecular flexibility index (Phi) is 6.86. The number of rotatable bonds is 8. The van der Waals surface area contributed by atoms with Gasteiger partial charge in [0.2, 0.25) is 0 Å². The first-order valence-electron chi connectivity index (χ1n) is 8.99. The van der Waals surface area contributed by atoms with Crippen LogP contribution in [0.2, 0.25) is 0 Å². The summed E-state index contributed by atoms with van der Waals surface area (Å²) in [5.74, 6) is -1.13. The normalized spacial score (nSPS) is 11.0. The number of carbonyl (C=O) groups excluding carboxylic acids is 2. The van der Waals surface area contributed by atoms with Crippen molar-refractivity contribution in [2.75, 3.05) is 11.3 Å². The monoisotopic (exact) mass is 444 g/mol. The van der Waals surface area contributed by atoms with Crippen molar-refractivity contribution in [2.45, 2.75) is 18.4 Å². The van der Waals surface area contributed by atoms with Gasteiger partial charge in [0, 0.05) is 10.6 Å². The number of hydrogen-bond acceptors (Lipinski definition) is 6. The zero-order chi connectivity index (χ0) is 21.6. The first kappa shape index (κ1) is 21.5. The molecule has 1 aromatic heterocycles. The highest BCUT2D eigenvalue weighted by molar-refractivity contribution is 7.92. The average molecular weight is 445 g/mol. The van der Waals surface area contributed by atoms with Gasteiger partial charge in [-0.1, -0.05) is 23.8 Å². The molecule has 2 aromatic carbocycles. The lowest BCUT2D eigenvalue weighted by Gasteiger charge is -2.09. The molecule has 2 N–H and O–H groups in total. The van der Waals surface area contributed by atoms with Crippen molar-refractivity contribution in [2.24, 2.45) is 0 Å². The fourth-order valence-electron chi connectivity index (χ4n) is 2.47. The molecule has 0 radical (unpaired) electrons. The molecule has 1 heterocycles. The molecule has 1 amide bonds. The molecule has 0 saturated carbocycles. The molecule has 0 atom stereocenters. The van der Waals surface area contributed by atoms with Gasteiger partial charge in [-0.3, -0.25) is 9.52 Å². The topological polar surface area (TPSA) is 102 Å². The molecule has 0 spiro atoms. The maximum absolute atomic E-state index is 12.5. The summed E-state index contributed by atoms with van der Waals surface area (Å²) >= 11 is 1.51. The lowest BCUT2D eigenvalue weighted by atomic mass is 10.2. The van der Waals surface area contributed by atoms with Gasteiger partial charge in [0.25, 0.3) is 15.9 Å². The molecule has 30 heavy (non-hydrogen) atoms. The minimum atomic E-state index is -3.79. The highest BCUT2D eigenvalue weighted by Gasteiger charge is 2.16. The molecule has 156 valence electrons. The molecule has 0 aliphatic carbocycles. The Hall–Kier alpha value is -3.17. The van der Waals surface area contributed by atoms with Crippen LogP contribution < -0.4 is 10.0 Å². The van der Waals surface area contributed by atoms with Gasteiger partial charge in [0.05, 0.1) is 17.0 Å². The zero-order valence-corrected chi connectivity index (χ0v) is 17.8. The number of anilines is 1. The number of amides is 1. The van der Waals surface area contributed by atoms with Crippen LogP contribution in [0.5, 0.6) is 0 Å². The van der Waals surface area contributed by atoms with Gasteiger partial charge in [-0.15, -0.1) is 11.3 Å². The Bertz CT molecular complexity index is 1110. The third-order valence-electron chi connectivity index (χ3n) is 4.08. The van der Waals surface area contributed by atoms with E-state index in [-0.39, 0.29) is 10.5 Å². The lowest BCUT2D eigenvalue weighted by Crippen LogP contribution is -2.28. The number of esters is 1. The van der Waals surface area contributed by atoms with E-state index in [1.807, 2.05) is 24.4 Å². The van der Waals surface area contributed by atoms with E-state index >= 15 is 0 Å². The van der Waals surface area contributed by atoms with Gasteiger partial charge in [0.15, 0.2) is 6.61 Å². The lowest BCUT2D eigenvalue weighted by molar-refractivity contribution is -0.124. The molecular weight excluding hydrogens is 424 g/mol. The predicted octanol–water partition coefficient (Wildman–Crippen LogP) is 3.33. The molecule has 0 unspecified atom stereocenters. The van der Waals surface area contributed by atoms with Gasteiger partial charge < -0.3 is 10.1 Å². The Morgan fingerprint density at radius 3 is 2.33 bits per heavy atom. The predicted molar refractivity (Wildman–Crippen MR) is 115 cm³/mol. The van der Waals surface area contributed by atoms with Crippen LogP contribution in [0.25, 0.3) is 0 Å². The highest BCUT2D eigenvalue weighted by Crippen LogP contribution is 2.17. The number of ether oxygens (including phenoxy) is 1. The van der Waals surface area contributed by atoms with Crippen molar-refractivity contribution in [1.29, 1.82) is 0 Å². The van der Waals surface area contributed by atoms with E-state index in [4.69, 9.17) is 4.74 Å². The standard InChI is InChI=1S/C21H20N2O5S2/c1-15-4-8-17(9-5-15)23-30(26,27)19-10-6-16(7-11-19)21(25)28-14-20(24)22-13-18-3-2-12-29-18/h2-12,23H,13-14H2,1H3,(H,22,24). The SMILES string of the molecule is Cc1ccc(NS(=O)(=O)c2ccc(C(=O)OCC(=O)NCc3cccs3)cc2)cc1. The molecule has 7 nitrogen and oxygen atoms in total. The minimum absolute atomic E-state index is 0.00770. The fourth-order valence-corrected chi connectivity index (χ4v) is 4.17. The highest BCUT2D eigenvalue weighted by atomic mass is 32.2. The third kappa shape index (κ3) is 5.91. The van der Waals surface area contributed by atoms with Gasteiger partial charge >= 0.3 is 5.97 Å². The number of aryl methyl sites for hydroxylation is 1. The van der Waals surface area contributed by atoms with Gasteiger partial charge in [-0.05, 0) is 54.8 Å². The molecule has 0 bridgehead atoms. The summed E-state index contributed by atoms with van der Waals surface area (Å²) in [4.78, 5) is 24.9. The summed E-state index contributed by atoms with van der Waals surface area (Å²) in [5, 5.41) is 4.56. The van der Waals surface area contributed by atoms with Crippen LogP contribution in [0.1, 0.15) is 20.8 Å². The number of sulfonamides is 1. The molecule has 0 aliphatic heterocycles. The number of carbonyl (C=O) groups is 2.